The first-order chi connectivity index (χ1) is 45.6. The summed E-state index contributed by atoms with van der Waals surface area (Å²) in [5.41, 5.74) is 14.6. The quantitative estimate of drug-likeness (QED) is 0.0582. The fourth-order valence-corrected chi connectivity index (χ4v) is 20.5. The van der Waals surface area contributed by atoms with Crippen molar-refractivity contribution in [1.29, 1.82) is 0 Å². The van der Waals surface area contributed by atoms with E-state index < -0.39 is 5.97 Å². The number of aromatic nitrogens is 12. The Hall–Kier alpha value is -6.43. The average Bonchev–Trinajstić information content (AvgIpc) is 1.68. The maximum Gasteiger partial charge on any atom is 0.316 e. The lowest BCUT2D eigenvalue weighted by Crippen LogP contribution is -2.03. The second-order valence-electron chi connectivity index (χ2n) is 23.8. The molecule has 12 aromatic rings. The highest BCUT2D eigenvalue weighted by Gasteiger charge is 2.35. The summed E-state index contributed by atoms with van der Waals surface area (Å²) in [6.07, 6.45) is 24.7. The summed E-state index contributed by atoms with van der Waals surface area (Å²) in [7, 11) is 4.71. The Bertz CT molecular complexity index is 4860. The third-order valence-electron chi connectivity index (χ3n) is 16.9. The monoisotopic (exact) mass is 1430 g/mol. The number of aromatic amines is 1. The number of methoxy groups -OCH3 is 3. The third-order valence-corrected chi connectivity index (χ3v) is 26.0. The van der Waals surface area contributed by atoms with E-state index in [9.17, 15) is 14.4 Å². The van der Waals surface area contributed by atoms with Gasteiger partial charge < -0.3 is 24.3 Å². The number of thiophene rings is 6. The van der Waals surface area contributed by atoms with Gasteiger partial charge in [-0.1, -0.05) is 35.1 Å². The normalized spacial score (nSPS) is 15.7. The standard InChI is InChI=1S/C13H14N2O2S2.C12H12N2O2S2.C11H12N2OS.C10H9ClN2S.2C10H10N2OS/c1-7-10(8-3-4-8)11-12(19-7)13(15-6-14-11)18-5-9(16)17-2;1-6-9(7-2-3-7)10-11(18-6)12(14-5-13-10)17-4-8(15)16;1-6-8(7-3-4-7)9-10(15-6)11(14-2)13-5-12-9;1-5-7(6-2-3-6)8-9(14-5)10(11)13-4-12-8;1-13-10-9-8(11-5-12-10)7(4-14-9)6-2-3-6;1-5-7(6-2-3-6)8-9(14-5)10(13)12-4-11-8/h6,8H,3-5H2,1-2H3;5,7H,2-4H2,1H3,(H,15,16);5,7H,3-4H2,1-2H3;4,6H,2-3H2,1H3;4-6H,2-3H2,1H3;4,6H,2-3H2,1H3,(H,11,12,13). The molecule has 488 valence electrons. The van der Waals surface area contributed by atoms with E-state index in [0.29, 0.717) is 40.4 Å². The summed E-state index contributed by atoms with van der Waals surface area (Å²) in [5, 5.41) is 13.2. The number of aryl methyl sites for hydroxylation is 5. The minimum Gasteiger partial charge on any atom is -0.481 e. The average molecular weight is 1430 g/mol. The van der Waals surface area contributed by atoms with Crippen molar-refractivity contribution >= 4 is 176 Å². The number of halogens is 1. The van der Waals surface area contributed by atoms with Gasteiger partial charge in [0.25, 0.3) is 5.56 Å². The highest BCUT2D eigenvalue weighted by atomic mass is 35.5. The van der Waals surface area contributed by atoms with E-state index in [1.165, 1.54) is 172 Å². The molecule has 12 aromatic heterocycles. The molecule has 6 saturated carbocycles. The Morgan fingerprint density at radius 2 is 0.851 bits per heavy atom. The van der Waals surface area contributed by atoms with Gasteiger partial charge in [-0.3, -0.25) is 14.4 Å². The van der Waals surface area contributed by atoms with E-state index in [-0.39, 0.29) is 17.3 Å². The van der Waals surface area contributed by atoms with Crippen LogP contribution in [0.25, 0.3) is 61.3 Å². The maximum absolute atomic E-state index is 11.5. The number of rotatable bonds is 14. The van der Waals surface area contributed by atoms with Crippen molar-refractivity contribution in [3.05, 3.63) is 117 Å². The Morgan fingerprint density at radius 1 is 0.479 bits per heavy atom. The lowest BCUT2D eigenvalue weighted by molar-refractivity contribution is -0.137. The molecule has 28 heteroatoms. The number of carboxylic acids is 1. The largest absolute Gasteiger partial charge is 0.481 e. The van der Waals surface area contributed by atoms with Crippen molar-refractivity contribution < 1.29 is 28.9 Å². The number of ether oxygens (including phenoxy) is 3. The van der Waals surface area contributed by atoms with Gasteiger partial charge in [0.1, 0.15) is 60.9 Å². The van der Waals surface area contributed by atoms with Crippen molar-refractivity contribution in [2.75, 3.05) is 32.8 Å². The number of nitrogens with zero attached hydrogens (tertiary/aromatic N) is 11. The lowest BCUT2D eigenvalue weighted by Gasteiger charge is -2.01. The van der Waals surface area contributed by atoms with Crippen molar-refractivity contribution in [3.8, 4) is 11.8 Å². The summed E-state index contributed by atoms with van der Waals surface area (Å²) in [6, 6.07) is 0. The molecule has 0 aliphatic heterocycles. The number of fused-ring (bicyclic) bond motifs is 6. The molecular formula is C66H67ClN12O7S8. The zero-order valence-corrected chi connectivity index (χ0v) is 60.2. The molecule has 0 bridgehead atoms. The van der Waals surface area contributed by atoms with E-state index in [1.54, 1.807) is 114 Å². The smallest absolute Gasteiger partial charge is 0.316 e. The van der Waals surface area contributed by atoms with Gasteiger partial charge in [-0.25, -0.2) is 54.8 Å². The molecule has 0 unspecified atom stereocenters. The lowest BCUT2D eigenvalue weighted by atomic mass is 10.1. The molecule has 94 heavy (non-hydrogen) atoms. The van der Waals surface area contributed by atoms with E-state index in [2.05, 4.69) is 105 Å². The van der Waals surface area contributed by atoms with Crippen LogP contribution in [0.5, 0.6) is 11.8 Å². The van der Waals surface area contributed by atoms with Crippen LogP contribution in [0.3, 0.4) is 0 Å². The molecule has 19 nitrogen and oxygen atoms in total. The van der Waals surface area contributed by atoms with E-state index in [1.807, 2.05) is 0 Å². The minimum atomic E-state index is -0.817. The summed E-state index contributed by atoms with van der Waals surface area (Å²) >= 11 is 18.9. The van der Waals surface area contributed by atoms with Gasteiger partial charge in [-0.05, 0) is 186 Å². The zero-order chi connectivity index (χ0) is 65.5. The number of thioether (sulfide) groups is 2. The fourth-order valence-electron chi connectivity index (χ4n) is 11.7. The van der Waals surface area contributed by atoms with Gasteiger partial charge in [0.15, 0.2) is 0 Å². The molecule has 0 atom stereocenters. The first kappa shape index (κ1) is 66.2. The first-order valence-corrected chi connectivity index (χ1v) is 38.4. The van der Waals surface area contributed by atoms with Crippen LogP contribution in [-0.2, 0) is 14.3 Å². The number of aliphatic carboxylic acids is 1. The van der Waals surface area contributed by atoms with E-state index in [4.69, 9.17) is 26.2 Å². The summed E-state index contributed by atoms with van der Waals surface area (Å²) in [4.78, 5) is 89.5. The van der Waals surface area contributed by atoms with E-state index >= 15 is 0 Å². The van der Waals surface area contributed by atoms with Crippen LogP contribution >= 0.6 is 103 Å². The molecule has 18 rings (SSSR count). The minimum absolute atomic E-state index is 0.00463. The molecule has 0 saturated heterocycles. The molecule has 6 aliphatic rings. The molecule has 0 aromatic carbocycles. The summed E-state index contributed by atoms with van der Waals surface area (Å²) in [5.74, 6) is 4.91. The number of carboxylic acid groups (broad SMARTS) is 1. The summed E-state index contributed by atoms with van der Waals surface area (Å²) < 4.78 is 21.3. The van der Waals surface area contributed by atoms with Crippen LogP contribution in [0.15, 0.2) is 58.2 Å². The van der Waals surface area contributed by atoms with Crippen molar-refractivity contribution in [2.24, 2.45) is 0 Å². The molecule has 6 aliphatic carbocycles. The fraction of sp³-hybridized carbons (Fsp3) is 0.424. The van der Waals surface area contributed by atoms with Crippen LogP contribution in [0.1, 0.15) is 170 Å². The highest BCUT2D eigenvalue weighted by molar-refractivity contribution is 8.00. The number of hydrogen-bond acceptors (Lipinski definition) is 25. The third kappa shape index (κ3) is 14.6. The van der Waals surface area contributed by atoms with Gasteiger partial charge in [0, 0.05) is 24.4 Å². The summed E-state index contributed by atoms with van der Waals surface area (Å²) in [6.45, 7) is 10.7. The van der Waals surface area contributed by atoms with Crippen molar-refractivity contribution in [2.45, 2.75) is 157 Å². The number of esters is 1. The first-order valence-electron chi connectivity index (χ1n) is 31.0. The molecule has 0 amide bonds. The number of nitrogens with one attached hydrogen (secondary N) is 1. The predicted molar refractivity (Wildman–Crippen MR) is 382 cm³/mol. The van der Waals surface area contributed by atoms with Gasteiger partial charge in [-0.2, -0.15) is 0 Å². The Morgan fingerprint density at radius 3 is 1.30 bits per heavy atom. The molecule has 0 radical (unpaired) electrons. The van der Waals surface area contributed by atoms with Crippen molar-refractivity contribution in [1.82, 2.24) is 59.8 Å². The Labute approximate surface area is 578 Å². The number of carbonyl (C=O) groups excluding carboxylic acids is 1. The van der Waals surface area contributed by atoms with Gasteiger partial charge in [0.2, 0.25) is 11.8 Å². The SMILES string of the molecule is COC(=O)CSc1ncnc2c(C3CC3)c(C)sc12.COc1ncnc2c(C3CC3)c(C)sc12.COc1ncnc2c(C3CC3)csc12.Cc1sc2c(=O)[nH]cnc2c1C1CC1.Cc1sc2c(Cl)ncnc2c1C1CC1.Cc1sc2c(SCC(=O)O)ncnc2c1C1CC1. The molecule has 2 N–H and O–H groups in total. The second-order valence-corrected chi connectivity index (χ2v) is 33.1. The Balaban J connectivity index is 0.000000103. The van der Waals surface area contributed by atoms with Crippen LogP contribution < -0.4 is 15.0 Å². The molecule has 0 spiro atoms. The number of H-pyrrole nitrogens is 1. The van der Waals surface area contributed by atoms with Crippen molar-refractivity contribution in [3.63, 3.8) is 0 Å². The molecular weight excluding hydrogens is 1360 g/mol. The highest BCUT2D eigenvalue weighted by Crippen LogP contribution is 2.53. The molecule has 12 heterocycles. The van der Waals surface area contributed by atoms with E-state index in [0.717, 1.165) is 89.1 Å². The second kappa shape index (κ2) is 28.7. The van der Waals surface area contributed by atoms with Crippen LogP contribution in [0.4, 0.5) is 0 Å². The van der Waals surface area contributed by atoms with Crippen LogP contribution in [0, 0.1) is 34.6 Å². The topological polar surface area (TPSA) is 257 Å². The maximum atomic E-state index is 11.5. The van der Waals surface area contributed by atoms with Gasteiger partial charge >= 0.3 is 11.9 Å². The van der Waals surface area contributed by atoms with Crippen LogP contribution in [0.2, 0.25) is 5.15 Å². The Kier molecular flexibility index (Phi) is 20.2. The van der Waals surface area contributed by atoms with Gasteiger partial charge in [0.05, 0.1) is 86.4 Å². The van der Waals surface area contributed by atoms with Gasteiger partial charge in [-0.15, -0.1) is 68.0 Å². The number of carbonyl (C=O) groups is 2. The van der Waals surface area contributed by atoms with Crippen LogP contribution in [-0.4, -0.2) is 110 Å². The zero-order valence-electron chi connectivity index (χ0n) is 52.9. The predicted octanol–water partition coefficient (Wildman–Crippen LogP) is 17.4. The molecule has 6 fully saturated rings. The number of hydrogen-bond donors (Lipinski definition) is 2.